The molecule has 0 saturated heterocycles. The summed E-state index contributed by atoms with van der Waals surface area (Å²) in [7, 11) is 1.91. The largest absolute Gasteiger partial charge is 0.373 e. The lowest BCUT2D eigenvalue weighted by Crippen LogP contribution is -2.10. The Morgan fingerprint density at radius 2 is 1.76 bits per heavy atom. The summed E-state index contributed by atoms with van der Waals surface area (Å²) in [4.78, 5) is 9.42. The fourth-order valence-electron chi connectivity index (χ4n) is 2.03. The van der Waals surface area contributed by atoms with Gasteiger partial charge in [-0.2, -0.15) is 0 Å². The number of benzene rings is 1. The van der Waals surface area contributed by atoms with Crippen molar-refractivity contribution in [3.63, 3.8) is 0 Å². The van der Waals surface area contributed by atoms with Crippen molar-refractivity contribution in [1.82, 2.24) is 9.97 Å². The van der Waals surface area contributed by atoms with Crippen LogP contribution >= 0.6 is 11.8 Å². The summed E-state index contributed by atoms with van der Waals surface area (Å²) < 4.78 is 0.209. The molecule has 0 fully saturated rings. The van der Waals surface area contributed by atoms with Gasteiger partial charge in [0.25, 0.3) is 0 Å². The molecule has 0 aliphatic rings. The van der Waals surface area contributed by atoms with Gasteiger partial charge in [-0.15, -0.1) is 11.8 Å². The second-order valence-corrected chi connectivity index (χ2v) is 7.78. The summed E-state index contributed by atoms with van der Waals surface area (Å²) in [5, 5.41) is 3.18. The highest BCUT2D eigenvalue weighted by atomic mass is 32.2. The van der Waals surface area contributed by atoms with Gasteiger partial charge in [0.15, 0.2) is 0 Å². The van der Waals surface area contributed by atoms with E-state index in [1.165, 1.54) is 0 Å². The Balaban J connectivity index is 2.40. The lowest BCUT2D eigenvalue weighted by molar-refractivity contribution is 0.800. The number of rotatable bonds is 4. The maximum atomic E-state index is 4.78. The fraction of sp³-hybridized carbons (Fsp3) is 0.412. The van der Waals surface area contributed by atoms with Gasteiger partial charge in [-0.3, -0.25) is 0 Å². The van der Waals surface area contributed by atoms with E-state index in [1.807, 2.05) is 37.0 Å². The number of nitrogens with one attached hydrogen (secondary N) is 1. The minimum atomic E-state index is 0.209. The van der Waals surface area contributed by atoms with Crippen molar-refractivity contribution < 1.29 is 0 Å². The third-order valence-corrected chi connectivity index (χ3v) is 4.38. The lowest BCUT2D eigenvalue weighted by Gasteiger charge is -2.18. The number of aromatic nitrogens is 2. The number of hydrogen-bond acceptors (Lipinski definition) is 4. The standard InChI is InChI=1S/C17H23N3S/c1-12-15(13-9-7-6-8-10-13)19-14(20-16(12)18-5)11-21-17(2,3)4/h6-10H,11H2,1-5H3,(H,18,19,20). The van der Waals surface area contributed by atoms with E-state index >= 15 is 0 Å². The first-order chi connectivity index (χ1) is 9.90. The van der Waals surface area contributed by atoms with Gasteiger partial charge < -0.3 is 5.32 Å². The molecule has 0 bridgehead atoms. The maximum absolute atomic E-state index is 4.78. The highest BCUT2D eigenvalue weighted by molar-refractivity contribution is 7.99. The third kappa shape index (κ3) is 4.21. The van der Waals surface area contributed by atoms with E-state index in [1.54, 1.807) is 0 Å². The lowest BCUT2D eigenvalue weighted by atomic mass is 10.1. The molecule has 112 valence electrons. The zero-order valence-corrected chi connectivity index (χ0v) is 14.2. The van der Waals surface area contributed by atoms with Crippen LogP contribution in [-0.4, -0.2) is 21.8 Å². The van der Waals surface area contributed by atoms with Gasteiger partial charge in [-0.25, -0.2) is 9.97 Å². The molecule has 0 atom stereocenters. The van der Waals surface area contributed by atoms with Gasteiger partial charge in [0.2, 0.25) is 0 Å². The molecule has 4 heteroatoms. The van der Waals surface area contributed by atoms with Crippen LogP contribution in [0, 0.1) is 6.92 Å². The first-order valence-corrected chi connectivity index (χ1v) is 8.14. The molecule has 0 spiro atoms. The van der Waals surface area contributed by atoms with E-state index in [-0.39, 0.29) is 4.75 Å². The van der Waals surface area contributed by atoms with Gasteiger partial charge >= 0.3 is 0 Å². The van der Waals surface area contributed by atoms with Gasteiger partial charge in [0.1, 0.15) is 11.6 Å². The smallest absolute Gasteiger partial charge is 0.141 e. The molecule has 1 aromatic heterocycles. The fourth-order valence-corrected chi connectivity index (χ4v) is 2.72. The van der Waals surface area contributed by atoms with Gasteiger partial charge in [-0.05, 0) is 6.92 Å². The summed E-state index contributed by atoms with van der Waals surface area (Å²) in [6.45, 7) is 8.70. The van der Waals surface area contributed by atoms with Gasteiger partial charge in [0, 0.05) is 22.9 Å². The average Bonchev–Trinajstić information content (AvgIpc) is 2.46. The van der Waals surface area contributed by atoms with Crippen LogP contribution in [0.2, 0.25) is 0 Å². The molecule has 1 N–H and O–H groups in total. The second-order valence-electron chi connectivity index (χ2n) is 5.98. The van der Waals surface area contributed by atoms with Crippen LogP contribution in [0.3, 0.4) is 0 Å². The van der Waals surface area contributed by atoms with Crippen LogP contribution in [0.4, 0.5) is 5.82 Å². The Bertz CT molecular complexity index is 603. The molecule has 0 amide bonds. The average molecular weight is 301 g/mol. The first kappa shape index (κ1) is 15.8. The van der Waals surface area contributed by atoms with E-state index in [2.05, 4.69) is 50.1 Å². The summed E-state index contributed by atoms with van der Waals surface area (Å²) >= 11 is 1.86. The SMILES string of the molecule is CNc1nc(CSC(C)(C)C)nc(-c2ccccc2)c1C. The van der Waals surface area contributed by atoms with E-state index in [0.717, 1.165) is 34.2 Å². The molecule has 0 aliphatic heterocycles. The highest BCUT2D eigenvalue weighted by Crippen LogP contribution is 2.29. The quantitative estimate of drug-likeness (QED) is 0.900. The maximum Gasteiger partial charge on any atom is 0.141 e. The Morgan fingerprint density at radius 1 is 1.10 bits per heavy atom. The summed E-state index contributed by atoms with van der Waals surface area (Å²) in [5.41, 5.74) is 3.24. The van der Waals surface area contributed by atoms with Crippen molar-refractivity contribution >= 4 is 17.6 Å². The first-order valence-electron chi connectivity index (χ1n) is 7.15. The minimum Gasteiger partial charge on any atom is -0.373 e. The molecule has 0 radical (unpaired) electrons. The van der Waals surface area contributed by atoms with Gasteiger partial charge in [-0.1, -0.05) is 51.1 Å². The van der Waals surface area contributed by atoms with Crippen LogP contribution < -0.4 is 5.32 Å². The van der Waals surface area contributed by atoms with Crippen LogP contribution in [0.5, 0.6) is 0 Å². The van der Waals surface area contributed by atoms with Crippen molar-refractivity contribution in [2.24, 2.45) is 0 Å². The number of hydrogen-bond donors (Lipinski definition) is 1. The summed E-state index contributed by atoms with van der Waals surface area (Å²) in [5.74, 6) is 2.61. The van der Waals surface area contributed by atoms with Crippen molar-refractivity contribution in [2.75, 3.05) is 12.4 Å². The van der Waals surface area contributed by atoms with E-state index in [9.17, 15) is 0 Å². The van der Waals surface area contributed by atoms with Crippen molar-refractivity contribution in [2.45, 2.75) is 38.2 Å². The monoisotopic (exact) mass is 301 g/mol. The highest BCUT2D eigenvalue weighted by Gasteiger charge is 2.15. The van der Waals surface area contributed by atoms with E-state index in [4.69, 9.17) is 4.98 Å². The third-order valence-electron chi connectivity index (χ3n) is 3.11. The second kappa shape index (κ2) is 6.48. The Morgan fingerprint density at radius 3 is 2.33 bits per heavy atom. The number of anilines is 1. The Labute approximate surface area is 131 Å². The number of nitrogens with zero attached hydrogens (tertiary/aromatic N) is 2. The predicted octanol–water partition coefficient (Wildman–Crippen LogP) is 4.53. The molecule has 21 heavy (non-hydrogen) atoms. The topological polar surface area (TPSA) is 37.8 Å². The van der Waals surface area contributed by atoms with Crippen LogP contribution in [0.15, 0.2) is 30.3 Å². The molecule has 0 unspecified atom stereocenters. The van der Waals surface area contributed by atoms with Crippen LogP contribution in [0.1, 0.15) is 32.2 Å². The summed E-state index contributed by atoms with van der Waals surface area (Å²) in [6, 6.07) is 10.3. The zero-order chi connectivity index (χ0) is 15.5. The molecule has 2 aromatic rings. The Kier molecular flexibility index (Phi) is 4.88. The minimum absolute atomic E-state index is 0.209. The summed E-state index contributed by atoms with van der Waals surface area (Å²) in [6.07, 6.45) is 0. The molecule has 0 saturated carbocycles. The Hall–Kier alpha value is -1.55. The zero-order valence-electron chi connectivity index (χ0n) is 13.4. The molecule has 0 aliphatic carbocycles. The van der Waals surface area contributed by atoms with Crippen LogP contribution in [0.25, 0.3) is 11.3 Å². The normalized spacial score (nSPS) is 11.5. The van der Waals surface area contributed by atoms with Crippen LogP contribution in [-0.2, 0) is 5.75 Å². The molecule has 1 aromatic carbocycles. The number of thioether (sulfide) groups is 1. The van der Waals surface area contributed by atoms with Crippen molar-refractivity contribution in [1.29, 1.82) is 0 Å². The van der Waals surface area contributed by atoms with Crippen molar-refractivity contribution in [3.05, 3.63) is 41.7 Å². The van der Waals surface area contributed by atoms with E-state index in [0.29, 0.717) is 0 Å². The van der Waals surface area contributed by atoms with Crippen molar-refractivity contribution in [3.8, 4) is 11.3 Å². The van der Waals surface area contributed by atoms with Gasteiger partial charge in [0.05, 0.1) is 11.4 Å². The predicted molar refractivity (Wildman–Crippen MR) is 92.8 cm³/mol. The molecule has 3 nitrogen and oxygen atoms in total. The molecule has 1 heterocycles. The van der Waals surface area contributed by atoms with E-state index < -0.39 is 0 Å². The molecular weight excluding hydrogens is 278 g/mol. The molecule has 2 rings (SSSR count). The molecular formula is C17H23N3S.